The van der Waals surface area contributed by atoms with Crippen molar-refractivity contribution in [2.45, 2.75) is 6.42 Å². The Morgan fingerprint density at radius 1 is 1.57 bits per heavy atom. The quantitative estimate of drug-likeness (QED) is 0.559. The fourth-order valence-electron chi connectivity index (χ4n) is 1.06. The van der Waals surface area contributed by atoms with Crippen LogP contribution in [0.3, 0.4) is 0 Å². The number of hydrogen-bond acceptors (Lipinski definition) is 4. The molecule has 0 aliphatic heterocycles. The Morgan fingerprint density at radius 3 is 3.00 bits per heavy atom. The number of rotatable bonds is 4. The highest BCUT2D eigenvalue weighted by Gasteiger charge is 1.98. The zero-order valence-electron chi connectivity index (χ0n) is 8.12. The summed E-state index contributed by atoms with van der Waals surface area (Å²) in [5.41, 5.74) is 7.20. The third-order valence-corrected chi connectivity index (χ3v) is 1.77. The van der Waals surface area contributed by atoms with Crippen molar-refractivity contribution in [3.05, 3.63) is 24.3 Å². The molecule has 0 aliphatic rings. The predicted octanol–water partition coefficient (Wildman–Crippen LogP) is 1.24. The minimum atomic E-state index is -0.221. The number of nitrogens with two attached hydrogens (primary N) is 1. The highest BCUT2D eigenvalue weighted by Crippen LogP contribution is 2.11. The lowest BCUT2D eigenvalue weighted by atomic mass is 10.3. The zero-order valence-corrected chi connectivity index (χ0v) is 8.12. The van der Waals surface area contributed by atoms with Crippen molar-refractivity contribution < 1.29 is 9.53 Å². The lowest BCUT2D eigenvalue weighted by molar-refractivity contribution is -0.140. The van der Waals surface area contributed by atoms with Crippen molar-refractivity contribution in [3.8, 4) is 0 Å². The summed E-state index contributed by atoms with van der Waals surface area (Å²) in [5, 5.41) is 3.07. The van der Waals surface area contributed by atoms with Gasteiger partial charge in [-0.3, -0.25) is 4.79 Å². The lowest BCUT2D eigenvalue weighted by Gasteiger charge is -2.05. The number of hydrogen-bond donors (Lipinski definition) is 2. The largest absolute Gasteiger partial charge is 0.469 e. The van der Waals surface area contributed by atoms with Crippen LogP contribution in [-0.2, 0) is 9.53 Å². The second kappa shape index (κ2) is 5.11. The number of esters is 1. The first-order valence-electron chi connectivity index (χ1n) is 4.38. The Kier molecular flexibility index (Phi) is 3.79. The van der Waals surface area contributed by atoms with Gasteiger partial charge in [-0.25, -0.2) is 0 Å². The van der Waals surface area contributed by atoms with E-state index in [1.54, 1.807) is 0 Å². The van der Waals surface area contributed by atoms with Gasteiger partial charge in [0.1, 0.15) is 0 Å². The van der Waals surface area contributed by atoms with E-state index >= 15 is 0 Å². The number of nitrogens with one attached hydrogen (secondary N) is 1. The minimum Gasteiger partial charge on any atom is -0.469 e. The maximum absolute atomic E-state index is 10.8. The molecule has 3 N–H and O–H groups in total. The topological polar surface area (TPSA) is 64.3 Å². The molecule has 0 aliphatic carbocycles. The number of anilines is 2. The molecule has 0 bridgehead atoms. The van der Waals surface area contributed by atoms with Crippen LogP contribution in [-0.4, -0.2) is 19.6 Å². The highest BCUT2D eigenvalue weighted by molar-refractivity contribution is 5.70. The van der Waals surface area contributed by atoms with Crippen molar-refractivity contribution >= 4 is 17.3 Å². The third-order valence-electron chi connectivity index (χ3n) is 1.77. The van der Waals surface area contributed by atoms with Gasteiger partial charge in [-0.1, -0.05) is 6.07 Å². The van der Waals surface area contributed by atoms with Crippen molar-refractivity contribution in [2.75, 3.05) is 24.7 Å². The molecular weight excluding hydrogens is 180 g/mol. The molecule has 4 nitrogen and oxygen atoms in total. The van der Waals surface area contributed by atoms with Crippen LogP contribution in [0.5, 0.6) is 0 Å². The molecule has 14 heavy (non-hydrogen) atoms. The first kappa shape index (κ1) is 10.4. The monoisotopic (exact) mass is 194 g/mol. The van der Waals surface area contributed by atoms with E-state index in [0.717, 1.165) is 5.69 Å². The van der Waals surface area contributed by atoms with Crippen LogP contribution in [0.2, 0.25) is 0 Å². The Labute approximate surface area is 83.1 Å². The van der Waals surface area contributed by atoms with Crippen LogP contribution in [0.25, 0.3) is 0 Å². The standard InChI is InChI=1S/C10H14N2O2/c1-14-10(13)5-6-12-9-4-2-3-8(11)7-9/h2-4,7,12H,5-6,11H2,1H3. The predicted molar refractivity (Wildman–Crippen MR) is 56.0 cm³/mol. The summed E-state index contributed by atoms with van der Waals surface area (Å²) in [6.45, 7) is 0.552. The van der Waals surface area contributed by atoms with Gasteiger partial charge in [-0.2, -0.15) is 0 Å². The molecule has 4 heteroatoms. The summed E-state index contributed by atoms with van der Waals surface area (Å²) in [5.74, 6) is -0.221. The number of carbonyl (C=O) groups excluding carboxylic acids is 1. The van der Waals surface area contributed by atoms with Crippen LogP contribution in [0.1, 0.15) is 6.42 Å². The molecule has 76 valence electrons. The highest BCUT2D eigenvalue weighted by atomic mass is 16.5. The molecule has 1 aromatic rings. The number of methoxy groups -OCH3 is 1. The SMILES string of the molecule is COC(=O)CCNc1cccc(N)c1. The molecule has 0 heterocycles. The first-order chi connectivity index (χ1) is 6.72. The van der Waals surface area contributed by atoms with Gasteiger partial charge in [0, 0.05) is 17.9 Å². The molecule has 0 saturated carbocycles. The Morgan fingerprint density at radius 2 is 2.36 bits per heavy atom. The van der Waals surface area contributed by atoms with Gasteiger partial charge in [0.25, 0.3) is 0 Å². The average Bonchev–Trinajstić information content (AvgIpc) is 2.17. The normalized spacial score (nSPS) is 9.50. The maximum Gasteiger partial charge on any atom is 0.307 e. The molecule has 0 unspecified atom stereocenters. The third kappa shape index (κ3) is 3.35. The molecule has 0 atom stereocenters. The fourth-order valence-corrected chi connectivity index (χ4v) is 1.06. The Bertz CT molecular complexity index is 313. The van der Waals surface area contributed by atoms with Gasteiger partial charge in [0.05, 0.1) is 13.5 Å². The van der Waals surface area contributed by atoms with E-state index in [1.165, 1.54) is 7.11 Å². The van der Waals surface area contributed by atoms with E-state index in [2.05, 4.69) is 10.1 Å². The van der Waals surface area contributed by atoms with E-state index < -0.39 is 0 Å². The molecule has 0 fully saturated rings. The van der Waals surface area contributed by atoms with Crippen molar-refractivity contribution in [1.82, 2.24) is 0 Å². The number of nitrogen functional groups attached to an aromatic ring is 1. The van der Waals surface area contributed by atoms with Crippen LogP contribution < -0.4 is 11.1 Å². The van der Waals surface area contributed by atoms with E-state index in [9.17, 15) is 4.79 Å². The van der Waals surface area contributed by atoms with Gasteiger partial charge in [0.2, 0.25) is 0 Å². The van der Waals surface area contributed by atoms with Crippen LogP contribution in [0, 0.1) is 0 Å². The summed E-state index contributed by atoms with van der Waals surface area (Å²) < 4.78 is 4.51. The molecule has 0 amide bonds. The van der Waals surface area contributed by atoms with Crippen molar-refractivity contribution in [3.63, 3.8) is 0 Å². The molecule has 1 rings (SSSR count). The summed E-state index contributed by atoms with van der Waals surface area (Å²) >= 11 is 0. The van der Waals surface area contributed by atoms with Crippen molar-refractivity contribution in [2.24, 2.45) is 0 Å². The minimum absolute atomic E-state index is 0.221. The molecule has 0 radical (unpaired) electrons. The lowest BCUT2D eigenvalue weighted by Crippen LogP contribution is -2.09. The molecule has 1 aromatic carbocycles. The van der Waals surface area contributed by atoms with Gasteiger partial charge < -0.3 is 15.8 Å². The first-order valence-corrected chi connectivity index (χ1v) is 4.38. The number of ether oxygens (including phenoxy) is 1. The van der Waals surface area contributed by atoms with Crippen molar-refractivity contribution in [1.29, 1.82) is 0 Å². The second-order valence-corrected chi connectivity index (χ2v) is 2.88. The number of carbonyl (C=O) groups is 1. The molecule has 0 spiro atoms. The van der Waals surface area contributed by atoms with E-state index in [-0.39, 0.29) is 5.97 Å². The average molecular weight is 194 g/mol. The molecule has 0 saturated heterocycles. The molecule has 0 aromatic heterocycles. The van der Waals surface area contributed by atoms with Crippen LogP contribution in [0.15, 0.2) is 24.3 Å². The van der Waals surface area contributed by atoms with E-state index in [0.29, 0.717) is 18.7 Å². The maximum atomic E-state index is 10.8. The summed E-state index contributed by atoms with van der Waals surface area (Å²) in [7, 11) is 1.38. The smallest absolute Gasteiger partial charge is 0.307 e. The van der Waals surface area contributed by atoms with Gasteiger partial charge >= 0.3 is 5.97 Å². The van der Waals surface area contributed by atoms with Crippen LogP contribution in [0.4, 0.5) is 11.4 Å². The van der Waals surface area contributed by atoms with E-state index in [4.69, 9.17) is 5.73 Å². The molecular formula is C10H14N2O2. The summed E-state index contributed by atoms with van der Waals surface area (Å²) in [4.78, 5) is 10.8. The fraction of sp³-hybridized carbons (Fsp3) is 0.300. The summed E-state index contributed by atoms with van der Waals surface area (Å²) in [6, 6.07) is 7.38. The van der Waals surface area contributed by atoms with Gasteiger partial charge in [-0.15, -0.1) is 0 Å². The zero-order chi connectivity index (χ0) is 10.4. The Hall–Kier alpha value is -1.71. The second-order valence-electron chi connectivity index (χ2n) is 2.88. The number of benzene rings is 1. The van der Waals surface area contributed by atoms with Gasteiger partial charge in [-0.05, 0) is 18.2 Å². The van der Waals surface area contributed by atoms with Crippen LogP contribution >= 0.6 is 0 Å². The summed E-state index contributed by atoms with van der Waals surface area (Å²) in [6.07, 6.45) is 0.352. The van der Waals surface area contributed by atoms with Gasteiger partial charge in [0.15, 0.2) is 0 Å². The Balaban J connectivity index is 2.35. The van der Waals surface area contributed by atoms with E-state index in [1.807, 2.05) is 24.3 Å².